The number of rotatable bonds is 8. The molecule has 2 nitrogen and oxygen atoms in total. The van der Waals surface area contributed by atoms with Crippen LogP contribution in [0.1, 0.15) is 25.8 Å². The lowest BCUT2D eigenvalue weighted by molar-refractivity contribution is 0.144. The lowest BCUT2D eigenvalue weighted by Gasteiger charge is -2.14. The lowest BCUT2D eigenvalue weighted by atomic mass is 10.1. The highest BCUT2D eigenvalue weighted by molar-refractivity contribution is 5.18. The van der Waals surface area contributed by atoms with E-state index in [0.29, 0.717) is 0 Å². The van der Waals surface area contributed by atoms with Crippen LogP contribution in [0.2, 0.25) is 0 Å². The predicted octanol–water partition coefficient (Wildman–Crippen LogP) is 2.77. The number of hydrogen-bond acceptors (Lipinski definition) is 2. The molecule has 0 aromatic heterocycles. The molecule has 0 aliphatic heterocycles. The largest absolute Gasteiger partial charge is 0.382 e. The van der Waals surface area contributed by atoms with Gasteiger partial charge in [-0.05, 0) is 44.9 Å². The topological polar surface area (TPSA) is 21.3 Å². The quantitative estimate of drug-likeness (QED) is 0.704. The van der Waals surface area contributed by atoms with Crippen molar-refractivity contribution >= 4 is 0 Å². The number of benzene rings is 1. The molecule has 1 N–H and O–H groups in total. The van der Waals surface area contributed by atoms with Gasteiger partial charge < -0.3 is 10.1 Å². The van der Waals surface area contributed by atoms with Crippen LogP contribution in [0.25, 0.3) is 0 Å². The van der Waals surface area contributed by atoms with Crippen LogP contribution in [0.15, 0.2) is 24.3 Å². The van der Waals surface area contributed by atoms with E-state index >= 15 is 0 Å². The van der Waals surface area contributed by atoms with E-state index < -0.39 is 0 Å². The Kier molecular flexibility index (Phi) is 6.82. The molecule has 1 aromatic rings. The third-order valence-electron chi connectivity index (χ3n) is 2.65. The molecule has 1 atom stereocenters. The van der Waals surface area contributed by atoms with Gasteiger partial charge in [0.15, 0.2) is 0 Å². The van der Waals surface area contributed by atoms with Gasteiger partial charge in [-0.1, -0.05) is 18.2 Å². The molecule has 0 unspecified atom stereocenters. The zero-order chi connectivity index (χ0) is 12.5. The van der Waals surface area contributed by atoms with Gasteiger partial charge in [-0.3, -0.25) is 0 Å². The molecule has 0 aliphatic rings. The van der Waals surface area contributed by atoms with Crippen LogP contribution < -0.4 is 5.32 Å². The molecule has 0 bridgehead atoms. The van der Waals surface area contributed by atoms with Crippen molar-refractivity contribution in [3.63, 3.8) is 0 Å². The summed E-state index contributed by atoms with van der Waals surface area (Å²) in [7, 11) is 0. The van der Waals surface area contributed by atoms with Crippen molar-refractivity contribution in [3.05, 3.63) is 35.6 Å². The summed E-state index contributed by atoms with van der Waals surface area (Å²) >= 11 is 0. The van der Waals surface area contributed by atoms with Crippen molar-refractivity contribution in [1.82, 2.24) is 5.32 Å². The normalized spacial score (nSPS) is 12.6. The first-order valence-corrected chi connectivity index (χ1v) is 6.28. The number of ether oxygens (including phenoxy) is 1. The van der Waals surface area contributed by atoms with Gasteiger partial charge in [0.05, 0.1) is 0 Å². The monoisotopic (exact) mass is 239 g/mol. The summed E-state index contributed by atoms with van der Waals surface area (Å²) in [4.78, 5) is 0. The average molecular weight is 239 g/mol. The Morgan fingerprint density at radius 3 is 2.82 bits per heavy atom. The summed E-state index contributed by atoms with van der Waals surface area (Å²) in [5.74, 6) is -0.115. The molecule has 17 heavy (non-hydrogen) atoms. The fourth-order valence-corrected chi connectivity index (χ4v) is 1.73. The van der Waals surface area contributed by atoms with E-state index in [1.54, 1.807) is 6.07 Å². The molecular formula is C14H22FNO. The van der Waals surface area contributed by atoms with Gasteiger partial charge in [-0.2, -0.15) is 0 Å². The molecule has 0 spiro atoms. The van der Waals surface area contributed by atoms with E-state index in [1.165, 1.54) is 6.07 Å². The predicted molar refractivity (Wildman–Crippen MR) is 68.7 cm³/mol. The van der Waals surface area contributed by atoms with Crippen LogP contribution in [-0.4, -0.2) is 25.8 Å². The Hall–Kier alpha value is -0.930. The highest BCUT2D eigenvalue weighted by atomic mass is 19.1. The van der Waals surface area contributed by atoms with E-state index in [9.17, 15) is 4.39 Å². The Labute approximate surface area is 103 Å². The Balaban J connectivity index is 2.21. The summed E-state index contributed by atoms with van der Waals surface area (Å²) < 4.78 is 18.6. The Bertz CT molecular complexity index is 317. The van der Waals surface area contributed by atoms with Crippen LogP contribution in [0.5, 0.6) is 0 Å². The highest BCUT2D eigenvalue weighted by Crippen LogP contribution is 2.08. The highest BCUT2D eigenvalue weighted by Gasteiger charge is 2.06. The van der Waals surface area contributed by atoms with Gasteiger partial charge >= 0.3 is 0 Å². The van der Waals surface area contributed by atoms with Crippen molar-refractivity contribution in [3.8, 4) is 0 Å². The third-order valence-corrected chi connectivity index (χ3v) is 2.65. The molecule has 96 valence electrons. The minimum absolute atomic E-state index is 0.115. The maximum atomic E-state index is 13.4. The molecule has 0 saturated heterocycles. The van der Waals surface area contributed by atoms with Crippen molar-refractivity contribution in [2.75, 3.05) is 19.8 Å². The molecule has 0 saturated carbocycles. The minimum atomic E-state index is -0.115. The Morgan fingerprint density at radius 1 is 1.35 bits per heavy atom. The molecule has 0 radical (unpaired) electrons. The molecule has 0 aliphatic carbocycles. The molecule has 1 rings (SSSR count). The standard InChI is InChI=1S/C14H22FNO/c1-3-17-10-6-9-16-12(2)11-13-7-4-5-8-14(13)15/h4-5,7-8,12,16H,3,6,9-11H2,1-2H3/t12-/m1/s1. The fraction of sp³-hybridized carbons (Fsp3) is 0.571. The second-order valence-electron chi connectivity index (χ2n) is 4.20. The molecule has 0 fully saturated rings. The molecule has 0 heterocycles. The minimum Gasteiger partial charge on any atom is -0.382 e. The summed E-state index contributed by atoms with van der Waals surface area (Å²) in [6.45, 7) is 6.54. The first kappa shape index (κ1) is 14.1. The van der Waals surface area contributed by atoms with Crippen LogP contribution in [-0.2, 0) is 11.2 Å². The van der Waals surface area contributed by atoms with Gasteiger partial charge in [-0.15, -0.1) is 0 Å². The van der Waals surface area contributed by atoms with Gasteiger partial charge in [0.1, 0.15) is 5.82 Å². The van der Waals surface area contributed by atoms with E-state index in [0.717, 1.165) is 38.2 Å². The van der Waals surface area contributed by atoms with E-state index in [-0.39, 0.29) is 11.9 Å². The molecular weight excluding hydrogens is 217 g/mol. The molecule has 0 amide bonds. The van der Waals surface area contributed by atoms with E-state index in [1.807, 2.05) is 19.1 Å². The molecule has 3 heteroatoms. The van der Waals surface area contributed by atoms with Crippen molar-refractivity contribution in [1.29, 1.82) is 0 Å². The molecule has 1 aromatic carbocycles. The first-order valence-electron chi connectivity index (χ1n) is 6.28. The van der Waals surface area contributed by atoms with E-state index in [4.69, 9.17) is 4.74 Å². The maximum absolute atomic E-state index is 13.4. The van der Waals surface area contributed by atoms with Gasteiger partial charge in [0.2, 0.25) is 0 Å². The fourth-order valence-electron chi connectivity index (χ4n) is 1.73. The van der Waals surface area contributed by atoms with Crippen LogP contribution in [0.4, 0.5) is 4.39 Å². The number of hydrogen-bond donors (Lipinski definition) is 1. The lowest BCUT2D eigenvalue weighted by Crippen LogP contribution is -2.29. The zero-order valence-electron chi connectivity index (χ0n) is 10.7. The number of nitrogens with one attached hydrogen (secondary N) is 1. The van der Waals surface area contributed by atoms with Gasteiger partial charge in [-0.25, -0.2) is 4.39 Å². The first-order chi connectivity index (χ1) is 8.24. The maximum Gasteiger partial charge on any atom is 0.126 e. The second kappa shape index (κ2) is 8.20. The van der Waals surface area contributed by atoms with Crippen LogP contribution >= 0.6 is 0 Å². The average Bonchev–Trinajstić information content (AvgIpc) is 2.32. The van der Waals surface area contributed by atoms with E-state index in [2.05, 4.69) is 12.2 Å². The zero-order valence-corrected chi connectivity index (χ0v) is 10.7. The van der Waals surface area contributed by atoms with Crippen molar-refractivity contribution in [2.45, 2.75) is 32.7 Å². The second-order valence-corrected chi connectivity index (χ2v) is 4.20. The third kappa shape index (κ3) is 5.80. The van der Waals surface area contributed by atoms with Gasteiger partial charge in [0, 0.05) is 19.3 Å². The smallest absolute Gasteiger partial charge is 0.126 e. The SMILES string of the molecule is CCOCCCN[C@H](C)Cc1ccccc1F. The van der Waals surface area contributed by atoms with Crippen LogP contribution in [0.3, 0.4) is 0 Å². The number of halogens is 1. The summed E-state index contributed by atoms with van der Waals surface area (Å²) in [5.41, 5.74) is 0.775. The summed E-state index contributed by atoms with van der Waals surface area (Å²) in [6.07, 6.45) is 1.72. The van der Waals surface area contributed by atoms with Crippen LogP contribution in [0, 0.1) is 5.82 Å². The van der Waals surface area contributed by atoms with Gasteiger partial charge in [0.25, 0.3) is 0 Å². The summed E-state index contributed by atoms with van der Waals surface area (Å²) in [5, 5.41) is 3.37. The Morgan fingerprint density at radius 2 is 2.12 bits per heavy atom. The summed E-state index contributed by atoms with van der Waals surface area (Å²) in [6, 6.07) is 7.23. The van der Waals surface area contributed by atoms with Crippen molar-refractivity contribution in [2.24, 2.45) is 0 Å². The van der Waals surface area contributed by atoms with Crippen molar-refractivity contribution < 1.29 is 9.13 Å².